The van der Waals surface area contributed by atoms with Crippen LogP contribution >= 0.6 is 0 Å². The van der Waals surface area contributed by atoms with E-state index in [2.05, 4.69) is 5.32 Å². The van der Waals surface area contributed by atoms with Crippen molar-refractivity contribution in [2.45, 2.75) is 13.0 Å². The molecule has 2 aromatic carbocycles. The van der Waals surface area contributed by atoms with Gasteiger partial charge >= 0.3 is 0 Å². The van der Waals surface area contributed by atoms with Crippen molar-refractivity contribution in [2.24, 2.45) is 5.73 Å². The Morgan fingerprint density at radius 1 is 1.06 bits per heavy atom. The van der Waals surface area contributed by atoms with E-state index in [4.69, 9.17) is 5.73 Å². The minimum Gasteiger partial charge on any atom is -0.370 e. The molecule has 0 spiro atoms. The number of primary amides is 1. The lowest BCUT2D eigenvalue weighted by molar-refractivity contribution is -0.118. The highest BCUT2D eigenvalue weighted by Crippen LogP contribution is 2.21. The van der Waals surface area contributed by atoms with Gasteiger partial charge in [0.25, 0.3) is 0 Å². The van der Waals surface area contributed by atoms with Crippen molar-refractivity contribution >= 4 is 11.6 Å². The second-order valence-electron chi connectivity index (χ2n) is 4.20. The van der Waals surface area contributed by atoms with Crippen molar-refractivity contribution in [1.29, 1.82) is 0 Å². The van der Waals surface area contributed by atoms with Gasteiger partial charge in [0.2, 0.25) is 5.91 Å². The third kappa shape index (κ3) is 2.69. The van der Waals surface area contributed by atoms with Crippen LogP contribution in [0.25, 0.3) is 0 Å². The number of benzene rings is 2. The molecule has 92 valence electrons. The van der Waals surface area contributed by atoms with Crippen molar-refractivity contribution in [3.8, 4) is 0 Å². The Bertz CT molecular complexity index is 537. The summed E-state index contributed by atoms with van der Waals surface area (Å²) in [7, 11) is 0. The SMILES string of the molecule is Cc1ccccc1C(Nc1ccccc1)C(N)=O. The van der Waals surface area contributed by atoms with Gasteiger partial charge in [0.1, 0.15) is 6.04 Å². The summed E-state index contributed by atoms with van der Waals surface area (Å²) >= 11 is 0. The summed E-state index contributed by atoms with van der Waals surface area (Å²) < 4.78 is 0. The molecule has 2 aromatic rings. The molecule has 0 fully saturated rings. The van der Waals surface area contributed by atoms with Crippen molar-refractivity contribution in [3.63, 3.8) is 0 Å². The van der Waals surface area contributed by atoms with Gasteiger partial charge in [0.05, 0.1) is 0 Å². The summed E-state index contributed by atoms with van der Waals surface area (Å²) in [5, 5.41) is 3.16. The number of nitrogens with one attached hydrogen (secondary N) is 1. The molecule has 0 radical (unpaired) electrons. The van der Waals surface area contributed by atoms with Crippen LogP contribution in [-0.2, 0) is 4.79 Å². The van der Waals surface area contributed by atoms with Gasteiger partial charge in [0, 0.05) is 5.69 Å². The second kappa shape index (κ2) is 5.36. The van der Waals surface area contributed by atoms with Crippen LogP contribution in [0.15, 0.2) is 54.6 Å². The van der Waals surface area contributed by atoms with Gasteiger partial charge in [-0.15, -0.1) is 0 Å². The van der Waals surface area contributed by atoms with Gasteiger partial charge in [-0.05, 0) is 30.2 Å². The lowest BCUT2D eigenvalue weighted by atomic mass is 10.0. The highest BCUT2D eigenvalue weighted by Gasteiger charge is 2.18. The molecule has 3 nitrogen and oxygen atoms in total. The average molecular weight is 240 g/mol. The maximum atomic E-state index is 11.6. The van der Waals surface area contributed by atoms with Gasteiger partial charge in [-0.2, -0.15) is 0 Å². The van der Waals surface area contributed by atoms with Crippen molar-refractivity contribution in [3.05, 3.63) is 65.7 Å². The predicted octanol–water partition coefficient (Wildman–Crippen LogP) is 2.63. The van der Waals surface area contributed by atoms with E-state index in [1.165, 1.54) is 0 Å². The van der Waals surface area contributed by atoms with Gasteiger partial charge in [-0.1, -0.05) is 42.5 Å². The van der Waals surface area contributed by atoms with E-state index in [0.29, 0.717) is 0 Å². The molecular weight excluding hydrogens is 224 g/mol. The normalized spacial score (nSPS) is 11.8. The number of nitrogens with two attached hydrogens (primary N) is 1. The molecule has 0 heterocycles. The standard InChI is InChI=1S/C15H16N2O/c1-11-7-5-6-10-13(11)14(15(16)18)17-12-8-3-2-4-9-12/h2-10,14,17H,1H3,(H2,16,18). The van der Waals surface area contributed by atoms with Crippen LogP contribution in [0.5, 0.6) is 0 Å². The Labute approximate surface area is 107 Å². The highest BCUT2D eigenvalue weighted by molar-refractivity contribution is 5.84. The Balaban J connectivity index is 2.30. The van der Waals surface area contributed by atoms with Gasteiger partial charge in [-0.25, -0.2) is 0 Å². The number of aryl methyl sites for hydroxylation is 1. The van der Waals surface area contributed by atoms with Crippen LogP contribution in [-0.4, -0.2) is 5.91 Å². The molecule has 0 saturated heterocycles. The van der Waals surface area contributed by atoms with E-state index in [9.17, 15) is 4.79 Å². The molecule has 3 N–H and O–H groups in total. The number of carbonyl (C=O) groups excluding carboxylic acids is 1. The largest absolute Gasteiger partial charge is 0.370 e. The summed E-state index contributed by atoms with van der Waals surface area (Å²) in [5.41, 5.74) is 8.32. The molecule has 0 aliphatic carbocycles. The lowest BCUT2D eigenvalue weighted by Gasteiger charge is -2.19. The summed E-state index contributed by atoms with van der Waals surface area (Å²) in [6.45, 7) is 1.97. The van der Waals surface area contributed by atoms with E-state index in [0.717, 1.165) is 16.8 Å². The van der Waals surface area contributed by atoms with Gasteiger partial charge in [0.15, 0.2) is 0 Å². The fraction of sp³-hybridized carbons (Fsp3) is 0.133. The van der Waals surface area contributed by atoms with Crippen LogP contribution < -0.4 is 11.1 Å². The van der Waals surface area contributed by atoms with Gasteiger partial charge in [-0.3, -0.25) is 4.79 Å². The van der Waals surface area contributed by atoms with Crippen molar-refractivity contribution < 1.29 is 4.79 Å². The first kappa shape index (κ1) is 12.2. The maximum Gasteiger partial charge on any atom is 0.244 e. The molecule has 0 saturated carbocycles. The van der Waals surface area contributed by atoms with Crippen LogP contribution in [0, 0.1) is 6.92 Å². The quantitative estimate of drug-likeness (QED) is 0.863. The molecule has 2 rings (SSSR count). The Kier molecular flexibility index (Phi) is 3.63. The number of rotatable bonds is 4. The summed E-state index contributed by atoms with van der Waals surface area (Å²) in [6.07, 6.45) is 0. The molecule has 1 atom stereocenters. The minimum absolute atomic E-state index is 0.381. The monoisotopic (exact) mass is 240 g/mol. The molecule has 18 heavy (non-hydrogen) atoms. The van der Waals surface area contributed by atoms with E-state index in [1.807, 2.05) is 61.5 Å². The van der Waals surface area contributed by atoms with Crippen molar-refractivity contribution in [2.75, 3.05) is 5.32 Å². The maximum absolute atomic E-state index is 11.6. The number of hydrogen-bond donors (Lipinski definition) is 2. The van der Waals surface area contributed by atoms with E-state index in [1.54, 1.807) is 0 Å². The first-order valence-corrected chi connectivity index (χ1v) is 5.85. The number of carbonyl (C=O) groups is 1. The zero-order chi connectivity index (χ0) is 13.0. The predicted molar refractivity (Wildman–Crippen MR) is 73.2 cm³/mol. The Morgan fingerprint density at radius 3 is 2.28 bits per heavy atom. The Morgan fingerprint density at radius 2 is 1.67 bits per heavy atom. The smallest absolute Gasteiger partial charge is 0.244 e. The summed E-state index contributed by atoms with van der Waals surface area (Å²) in [4.78, 5) is 11.6. The molecular formula is C15H16N2O. The molecule has 3 heteroatoms. The average Bonchev–Trinajstić information content (AvgIpc) is 2.38. The summed E-state index contributed by atoms with van der Waals surface area (Å²) in [6, 6.07) is 16.8. The number of anilines is 1. The van der Waals surface area contributed by atoms with Crippen LogP contribution in [0.1, 0.15) is 17.2 Å². The van der Waals surface area contributed by atoms with Crippen LogP contribution in [0.3, 0.4) is 0 Å². The minimum atomic E-state index is -0.506. The topological polar surface area (TPSA) is 55.1 Å². The van der Waals surface area contributed by atoms with E-state index >= 15 is 0 Å². The van der Waals surface area contributed by atoms with Crippen LogP contribution in [0.2, 0.25) is 0 Å². The Hall–Kier alpha value is -2.29. The fourth-order valence-corrected chi connectivity index (χ4v) is 1.91. The second-order valence-corrected chi connectivity index (χ2v) is 4.20. The fourth-order valence-electron chi connectivity index (χ4n) is 1.91. The van der Waals surface area contributed by atoms with E-state index in [-0.39, 0.29) is 5.91 Å². The number of para-hydroxylation sites is 1. The molecule has 0 aromatic heterocycles. The molecule has 0 bridgehead atoms. The summed E-state index contributed by atoms with van der Waals surface area (Å²) in [5.74, 6) is -0.381. The zero-order valence-electron chi connectivity index (χ0n) is 10.3. The first-order chi connectivity index (χ1) is 8.68. The van der Waals surface area contributed by atoms with Crippen LogP contribution in [0.4, 0.5) is 5.69 Å². The molecule has 0 aliphatic rings. The highest BCUT2D eigenvalue weighted by atomic mass is 16.1. The van der Waals surface area contributed by atoms with Gasteiger partial charge < -0.3 is 11.1 Å². The molecule has 1 amide bonds. The van der Waals surface area contributed by atoms with E-state index < -0.39 is 6.04 Å². The number of amides is 1. The third-order valence-electron chi connectivity index (χ3n) is 2.87. The first-order valence-electron chi connectivity index (χ1n) is 5.85. The number of hydrogen-bond acceptors (Lipinski definition) is 2. The molecule has 1 unspecified atom stereocenters. The molecule has 0 aliphatic heterocycles. The van der Waals surface area contributed by atoms with Crippen molar-refractivity contribution in [1.82, 2.24) is 0 Å². The third-order valence-corrected chi connectivity index (χ3v) is 2.87. The lowest BCUT2D eigenvalue weighted by Crippen LogP contribution is -2.28. The zero-order valence-corrected chi connectivity index (χ0v) is 10.3.